The fourth-order valence-electron chi connectivity index (χ4n) is 3.30. The molecule has 2 aliphatic heterocycles. The summed E-state index contributed by atoms with van der Waals surface area (Å²) in [5.41, 5.74) is -3.59. The highest BCUT2D eigenvalue weighted by Crippen LogP contribution is 2.45. The van der Waals surface area contributed by atoms with Gasteiger partial charge in [-0.1, -0.05) is 12.1 Å². The Hall–Kier alpha value is -2.79. The Kier molecular flexibility index (Phi) is 4.23. The van der Waals surface area contributed by atoms with Crippen LogP contribution >= 0.6 is 11.3 Å². The van der Waals surface area contributed by atoms with E-state index in [1.165, 1.54) is 41.0 Å². The van der Waals surface area contributed by atoms with Crippen LogP contribution in [-0.2, 0) is 0 Å². The smallest absolute Gasteiger partial charge is 0.437 e. The van der Waals surface area contributed by atoms with Gasteiger partial charge in [-0.15, -0.1) is 11.3 Å². The number of urea groups is 1. The highest BCUT2D eigenvalue weighted by molar-refractivity contribution is 7.12. The summed E-state index contributed by atoms with van der Waals surface area (Å²) in [5.74, 6) is -2.37. The van der Waals surface area contributed by atoms with Crippen LogP contribution in [0, 0.1) is 5.92 Å². The Bertz CT molecular complexity index is 933. The second-order valence-corrected chi connectivity index (χ2v) is 7.22. The average molecular weight is 414 g/mol. The fourth-order valence-corrected chi connectivity index (χ4v) is 4.00. The van der Waals surface area contributed by atoms with Gasteiger partial charge in [-0.25, -0.2) is 4.79 Å². The van der Waals surface area contributed by atoms with Crippen LogP contribution in [0.3, 0.4) is 0 Å². The molecule has 148 valence electrons. The number of hydrogen-bond acceptors (Lipinski definition) is 6. The molecule has 0 bridgehead atoms. The monoisotopic (exact) mass is 414 g/mol. The second kappa shape index (κ2) is 6.38. The molecule has 2 amide bonds. The number of carbonyl (C=O) groups is 2. The molecule has 4 rings (SSSR count). The van der Waals surface area contributed by atoms with Crippen molar-refractivity contribution in [3.8, 4) is 11.5 Å². The van der Waals surface area contributed by atoms with Crippen LogP contribution in [0.2, 0.25) is 0 Å². The van der Waals surface area contributed by atoms with Gasteiger partial charge in [-0.3, -0.25) is 4.79 Å². The number of halogens is 3. The maximum absolute atomic E-state index is 13.8. The third kappa shape index (κ3) is 2.87. The minimum Gasteiger partial charge on any atom is -0.454 e. The van der Waals surface area contributed by atoms with Crippen LogP contribution in [0.1, 0.15) is 21.3 Å². The maximum Gasteiger partial charge on any atom is 0.437 e. The zero-order valence-corrected chi connectivity index (χ0v) is 14.8. The molecule has 1 saturated heterocycles. The number of ether oxygens (including phenoxy) is 2. The standard InChI is InChI=1S/C17H13F3N2O5S/c18-17(19,20)16(25)12(14(23)11-2-1-5-28-11)13(21-15(24)22-16)8-3-4-9-10(6-8)27-7-26-9/h1-6,12-13,25H,7H2,(H2,21,22,24)/t12-,13+,16-/m1/s1. The quantitative estimate of drug-likeness (QED) is 0.671. The van der Waals surface area contributed by atoms with Crippen molar-refractivity contribution in [2.75, 3.05) is 6.79 Å². The Morgan fingerprint density at radius 1 is 1.25 bits per heavy atom. The molecule has 0 saturated carbocycles. The third-order valence-corrected chi connectivity index (χ3v) is 5.49. The Balaban J connectivity index is 1.84. The first kappa shape index (κ1) is 18.6. The molecule has 7 nitrogen and oxygen atoms in total. The first-order chi connectivity index (χ1) is 13.2. The molecule has 0 radical (unpaired) electrons. The lowest BCUT2D eigenvalue weighted by molar-refractivity contribution is -0.287. The molecule has 2 aliphatic rings. The first-order valence-corrected chi connectivity index (χ1v) is 8.94. The molecule has 3 atom stereocenters. The summed E-state index contributed by atoms with van der Waals surface area (Å²) >= 11 is 0.941. The van der Waals surface area contributed by atoms with Crippen molar-refractivity contribution in [1.82, 2.24) is 10.6 Å². The molecule has 2 aromatic rings. The summed E-state index contributed by atoms with van der Waals surface area (Å²) in [6.45, 7) is -0.0542. The predicted molar refractivity (Wildman–Crippen MR) is 90.1 cm³/mol. The van der Waals surface area contributed by atoms with Gasteiger partial charge in [-0.2, -0.15) is 13.2 Å². The summed E-state index contributed by atoms with van der Waals surface area (Å²) in [6, 6.07) is 4.42. The highest BCUT2D eigenvalue weighted by Gasteiger charge is 2.66. The van der Waals surface area contributed by atoms with Crippen molar-refractivity contribution >= 4 is 23.2 Å². The molecule has 1 fully saturated rings. The predicted octanol–water partition coefficient (Wildman–Crippen LogP) is 2.58. The number of aliphatic hydroxyl groups is 1. The number of ketones is 1. The number of carbonyl (C=O) groups excluding carboxylic acids is 2. The van der Waals surface area contributed by atoms with Crippen LogP contribution in [0.25, 0.3) is 0 Å². The van der Waals surface area contributed by atoms with Crippen molar-refractivity contribution in [1.29, 1.82) is 0 Å². The van der Waals surface area contributed by atoms with Crippen molar-refractivity contribution in [3.05, 3.63) is 46.2 Å². The minimum atomic E-state index is -5.29. The number of rotatable bonds is 3. The van der Waals surface area contributed by atoms with Gasteiger partial charge in [0.2, 0.25) is 12.5 Å². The normalized spacial score (nSPS) is 26.5. The lowest BCUT2D eigenvalue weighted by Gasteiger charge is -2.44. The summed E-state index contributed by atoms with van der Waals surface area (Å²) in [4.78, 5) is 24.9. The van der Waals surface area contributed by atoms with Crippen molar-refractivity contribution in [3.63, 3.8) is 0 Å². The lowest BCUT2D eigenvalue weighted by atomic mass is 9.78. The van der Waals surface area contributed by atoms with E-state index in [2.05, 4.69) is 5.32 Å². The summed E-state index contributed by atoms with van der Waals surface area (Å²) < 4.78 is 51.7. The number of fused-ring (bicyclic) bond motifs is 1. The Morgan fingerprint density at radius 3 is 2.68 bits per heavy atom. The number of hydrogen-bond donors (Lipinski definition) is 3. The minimum absolute atomic E-state index is 0.0244. The van der Waals surface area contributed by atoms with Crippen LogP contribution in [-0.4, -0.2) is 35.6 Å². The molecule has 3 N–H and O–H groups in total. The van der Waals surface area contributed by atoms with E-state index in [0.717, 1.165) is 11.3 Å². The van der Waals surface area contributed by atoms with E-state index < -0.39 is 35.7 Å². The zero-order chi connectivity index (χ0) is 20.1. The van der Waals surface area contributed by atoms with Gasteiger partial charge < -0.3 is 25.2 Å². The molecule has 0 unspecified atom stereocenters. The van der Waals surface area contributed by atoms with Crippen LogP contribution in [0.5, 0.6) is 11.5 Å². The molecule has 0 aliphatic carbocycles. The van der Waals surface area contributed by atoms with Gasteiger partial charge in [0.05, 0.1) is 10.9 Å². The van der Waals surface area contributed by atoms with Crippen LogP contribution in [0.15, 0.2) is 35.7 Å². The Morgan fingerprint density at radius 2 is 2.00 bits per heavy atom. The first-order valence-electron chi connectivity index (χ1n) is 8.06. The van der Waals surface area contributed by atoms with Crippen molar-refractivity contribution in [2.24, 2.45) is 5.92 Å². The van der Waals surface area contributed by atoms with Crippen LogP contribution in [0.4, 0.5) is 18.0 Å². The zero-order valence-electron chi connectivity index (χ0n) is 13.9. The molecular formula is C17H13F3N2O5S. The summed E-state index contributed by atoms with van der Waals surface area (Å²) in [6.07, 6.45) is -5.29. The van der Waals surface area contributed by atoms with E-state index in [-0.39, 0.29) is 23.0 Å². The molecule has 3 heterocycles. The number of Topliss-reactive ketones (excluding diaryl/α,β-unsaturated/α-hetero) is 1. The number of benzene rings is 1. The summed E-state index contributed by atoms with van der Waals surface area (Å²) in [7, 11) is 0. The fraction of sp³-hybridized carbons (Fsp3) is 0.294. The van der Waals surface area contributed by atoms with Crippen molar-refractivity contribution in [2.45, 2.75) is 17.9 Å². The van der Waals surface area contributed by atoms with Gasteiger partial charge in [0.1, 0.15) is 5.92 Å². The van der Waals surface area contributed by atoms with Crippen LogP contribution < -0.4 is 20.1 Å². The van der Waals surface area contributed by atoms with Crippen molar-refractivity contribution < 1.29 is 37.3 Å². The molecule has 1 aromatic heterocycles. The van der Waals surface area contributed by atoms with E-state index >= 15 is 0 Å². The van der Waals surface area contributed by atoms with Gasteiger partial charge in [-0.05, 0) is 29.1 Å². The van der Waals surface area contributed by atoms with E-state index in [1.807, 2.05) is 0 Å². The molecule has 0 spiro atoms. The third-order valence-electron chi connectivity index (χ3n) is 4.61. The number of amides is 2. The largest absolute Gasteiger partial charge is 0.454 e. The number of nitrogens with one attached hydrogen (secondary N) is 2. The summed E-state index contributed by atoms with van der Waals surface area (Å²) in [5, 5.41) is 15.8. The van der Waals surface area contributed by atoms with Gasteiger partial charge >= 0.3 is 12.2 Å². The van der Waals surface area contributed by atoms with E-state index in [1.54, 1.807) is 0 Å². The second-order valence-electron chi connectivity index (χ2n) is 6.27. The highest BCUT2D eigenvalue weighted by atomic mass is 32.1. The van der Waals surface area contributed by atoms with E-state index in [0.29, 0.717) is 5.75 Å². The maximum atomic E-state index is 13.8. The average Bonchev–Trinajstić information content (AvgIpc) is 3.30. The van der Waals surface area contributed by atoms with E-state index in [4.69, 9.17) is 9.47 Å². The number of alkyl halides is 3. The van der Waals surface area contributed by atoms with Gasteiger partial charge in [0.15, 0.2) is 17.3 Å². The van der Waals surface area contributed by atoms with Gasteiger partial charge in [0, 0.05) is 0 Å². The SMILES string of the molecule is O=C1N[C@@H](c2ccc3c(c2)OCO3)[C@H](C(=O)c2cccs2)[C@@](O)(C(F)(F)F)N1. The Labute approximate surface area is 160 Å². The molecule has 1 aromatic carbocycles. The molecular weight excluding hydrogens is 401 g/mol. The lowest BCUT2D eigenvalue weighted by Crippen LogP contribution is -2.72. The van der Waals surface area contributed by atoms with Gasteiger partial charge in [0.25, 0.3) is 0 Å². The molecule has 11 heteroatoms. The molecule has 28 heavy (non-hydrogen) atoms. The number of thiophene rings is 1. The van der Waals surface area contributed by atoms with E-state index in [9.17, 15) is 27.9 Å². The topological polar surface area (TPSA) is 96.9 Å².